The highest BCUT2D eigenvalue weighted by Gasteiger charge is 2.38. The Hall–Kier alpha value is -1.97. The van der Waals surface area contributed by atoms with E-state index in [1.165, 1.54) is 0 Å². The van der Waals surface area contributed by atoms with Gasteiger partial charge in [-0.05, 0) is 30.7 Å². The molecular weight excluding hydrogens is 400 g/mol. The predicted molar refractivity (Wildman–Crippen MR) is 111 cm³/mol. The second-order valence-electron chi connectivity index (χ2n) is 7.39. The van der Waals surface area contributed by atoms with Crippen molar-refractivity contribution < 1.29 is 4.74 Å². The number of ether oxygens (including phenoxy) is 1. The first kappa shape index (κ1) is 19.4. The van der Waals surface area contributed by atoms with Gasteiger partial charge in [-0.25, -0.2) is 4.98 Å². The lowest BCUT2D eigenvalue weighted by Gasteiger charge is -2.39. The maximum absolute atomic E-state index is 13.0. The van der Waals surface area contributed by atoms with Crippen LogP contribution in [0.2, 0.25) is 5.02 Å². The van der Waals surface area contributed by atoms with Gasteiger partial charge in [-0.3, -0.25) is 9.36 Å². The average molecular weight is 423 g/mol. The summed E-state index contributed by atoms with van der Waals surface area (Å²) in [4.78, 5) is 24.6. The summed E-state index contributed by atoms with van der Waals surface area (Å²) in [5, 5.41) is 0.304. The van der Waals surface area contributed by atoms with Crippen LogP contribution in [0.4, 0.5) is 17.6 Å². The zero-order valence-electron chi connectivity index (χ0n) is 15.7. The van der Waals surface area contributed by atoms with Crippen LogP contribution in [0.3, 0.4) is 0 Å². The van der Waals surface area contributed by atoms with Gasteiger partial charge in [0.1, 0.15) is 16.5 Å². The molecule has 1 spiro atoms. The number of hydrogen-bond donors (Lipinski definition) is 2. The Morgan fingerprint density at radius 1 is 1.25 bits per heavy atom. The van der Waals surface area contributed by atoms with Crippen molar-refractivity contribution in [3.8, 4) is 0 Å². The van der Waals surface area contributed by atoms with Gasteiger partial charge in [-0.2, -0.15) is 4.98 Å². The number of piperidine rings is 1. The van der Waals surface area contributed by atoms with Gasteiger partial charge in [0.05, 0.1) is 11.6 Å². The van der Waals surface area contributed by atoms with E-state index in [-0.39, 0.29) is 22.6 Å². The Kier molecular flexibility index (Phi) is 5.15. The molecule has 0 aromatic carbocycles. The van der Waals surface area contributed by atoms with Crippen molar-refractivity contribution in [2.24, 2.45) is 12.5 Å². The number of rotatable bonds is 3. The van der Waals surface area contributed by atoms with Gasteiger partial charge in [0.2, 0.25) is 5.95 Å². The largest absolute Gasteiger partial charge is 0.382 e. The van der Waals surface area contributed by atoms with Gasteiger partial charge in [0.25, 0.3) is 5.56 Å². The first-order chi connectivity index (χ1) is 13.4. The Balaban J connectivity index is 1.60. The fraction of sp³-hybridized carbons (Fsp3) is 0.500. The minimum absolute atomic E-state index is 0.194. The van der Waals surface area contributed by atoms with Crippen LogP contribution in [0.15, 0.2) is 26.8 Å². The molecule has 0 unspecified atom stereocenters. The minimum atomic E-state index is -0.205. The lowest BCUT2D eigenvalue weighted by Crippen LogP contribution is -2.43. The SMILES string of the molecule is Cn1c(N2CCC3(CCOC3)CC2)nc(N)c(Sc2ccnc(N)c2Cl)c1=O. The topological polar surface area (TPSA) is 112 Å². The number of anilines is 3. The second-order valence-corrected chi connectivity index (χ2v) is 8.82. The fourth-order valence-corrected chi connectivity index (χ4v) is 4.96. The molecule has 150 valence electrons. The smallest absolute Gasteiger partial charge is 0.270 e. The number of nitrogens with two attached hydrogens (primary N) is 2. The molecule has 0 saturated carbocycles. The minimum Gasteiger partial charge on any atom is -0.382 e. The van der Waals surface area contributed by atoms with Crippen molar-refractivity contribution in [1.82, 2.24) is 14.5 Å². The van der Waals surface area contributed by atoms with Crippen LogP contribution in [0, 0.1) is 5.41 Å². The second kappa shape index (κ2) is 7.46. The first-order valence-electron chi connectivity index (χ1n) is 9.17. The van der Waals surface area contributed by atoms with Crippen molar-refractivity contribution in [3.63, 3.8) is 0 Å². The van der Waals surface area contributed by atoms with E-state index in [4.69, 9.17) is 27.8 Å². The molecule has 0 aliphatic carbocycles. The molecule has 0 bridgehead atoms. The number of hydrogen-bond acceptors (Lipinski definition) is 8. The molecular formula is C18H23ClN6O2S. The van der Waals surface area contributed by atoms with Crippen LogP contribution < -0.4 is 21.9 Å². The van der Waals surface area contributed by atoms with E-state index in [9.17, 15) is 4.79 Å². The van der Waals surface area contributed by atoms with E-state index in [2.05, 4.69) is 14.9 Å². The summed E-state index contributed by atoms with van der Waals surface area (Å²) in [6, 6.07) is 1.70. The maximum Gasteiger partial charge on any atom is 0.270 e. The Morgan fingerprint density at radius 3 is 2.68 bits per heavy atom. The van der Waals surface area contributed by atoms with E-state index in [1.807, 2.05) is 0 Å². The number of pyridine rings is 1. The van der Waals surface area contributed by atoms with E-state index >= 15 is 0 Å². The highest BCUT2D eigenvalue weighted by Crippen LogP contribution is 2.40. The first-order valence-corrected chi connectivity index (χ1v) is 10.4. The van der Waals surface area contributed by atoms with Gasteiger partial charge in [0, 0.05) is 37.8 Å². The average Bonchev–Trinajstić information content (AvgIpc) is 3.14. The molecule has 4 rings (SSSR count). The number of nitrogen functional groups attached to an aromatic ring is 2. The Morgan fingerprint density at radius 2 is 2.00 bits per heavy atom. The third-order valence-corrected chi connectivity index (χ3v) is 7.29. The number of halogens is 1. The quantitative estimate of drug-likeness (QED) is 0.773. The van der Waals surface area contributed by atoms with E-state index in [1.54, 1.807) is 23.9 Å². The number of nitrogens with zero attached hydrogens (tertiary/aromatic N) is 4. The fourth-order valence-electron chi connectivity index (χ4n) is 3.82. The van der Waals surface area contributed by atoms with Gasteiger partial charge in [-0.1, -0.05) is 23.4 Å². The summed E-state index contributed by atoms with van der Waals surface area (Å²) < 4.78 is 7.15. The third-order valence-electron chi connectivity index (χ3n) is 5.64. The van der Waals surface area contributed by atoms with Crippen molar-refractivity contribution in [2.45, 2.75) is 29.1 Å². The molecule has 0 radical (unpaired) electrons. The molecule has 8 nitrogen and oxygen atoms in total. The lowest BCUT2D eigenvalue weighted by molar-refractivity contribution is 0.133. The van der Waals surface area contributed by atoms with Crippen molar-refractivity contribution in [1.29, 1.82) is 0 Å². The van der Waals surface area contributed by atoms with Crippen LogP contribution in [0.5, 0.6) is 0 Å². The van der Waals surface area contributed by atoms with Crippen LogP contribution in [0.25, 0.3) is 0 Å². The molecule has 2 aliphatic rings. The molecule has 2 saturated heterocycles. The van der Waals surface area contributed by atoms with Crippen LogP contribution in [0.1, 0.15) is 19.3 Å². The summed E-state index contributed by atoms with van der Waals surface area (Å²) >= 11 is 7.36. The van der Waals surface area contributed by atoms with Crippen molar-refractivity contribution in [3.05, 3.63) is 27.6 Å². The van der Waals surface area contributed by atoms with E-state index in [0.29, 0.717) is 20.8 Å². The lowest BCUT2D eigenvalue weighted by atomic mass is 9.78. The molecule has 2 aromatic heterocycles. The van der Waals surface area contributed by atoms with E-state index < -0.39 is 0 Å². The van der Waals surface area contributed by atoms with Crippen molar-refractivity contribution in [2.75, 3.05) is 42.7 Å². The van der Waals surface area contributed by atoms with Crippen LogP contribution in [-0.2, 0) is 11.8 Å². The Labute approximate surface area is 172 Å². The molecule has 28 heavy (non-hydrogen) atoms. The van der Waals surface area contributed by atoms with Crippen molar-refractivity contribution >= 4 is 40.9 Å². The molecule has 4 N–H and O–H groups in total. The molecule has 0 atom stereocenters. The number of aromatic nitrogens is 3. The molecule has 2 fully saturated rings. The predicted octanol–water partition coefficient (Wildman–Crippen LogP) is 2.15. The van der Waals surface area contributed by atoms with Crippen LogP contribution >= 0.6 is 23.4 Å². The monoisotopic (exact) mass is 422 g/mol. The van der Waals surface area contributed by atoms with Gasteiger partial charge in [0.15, 0.2) is 0 Å². The van der Waals surface area contributed by atoms with Gasteiger partial charge < -0.3 is 21.1 Å². The van der Waals surface area contributed by atoms with E-state index in [0.717, 1.165) is 57.3 Å². The zero-order valence-corrected chi connectivity index (χ0v) is 17.2. The highest BCUT2D eigenvalue weighted by molar-refractivity contribution is 7.99. The summed E-state index contributed by atoms with van der Waals surface area (Å²) in [6.45, 7) is 3.35. The van der Waals surface area contributed by atoms with Crippen LogP contribution in [-0.4, -0.2) is 40.8 Å². The summed E-state index contributed by atoms with van der Waals surface area (Å²) in [5.74, 6) is 1.00. The van der Waals surface area contributed by atoms with Gasteiger partial charge >= 0.3 is 0 Å². The maximum atomic E-state index is 13.0. The molecule has 10 heteroatoms. The molecule has 4 heterocycles. The summed E-state index contributed by atoms with van der Waals surface area (Å²) in [7, 11) is 1.72. The highest BCUT2D eigenvalue weighted by atomic mass is 35.5. The summed E-state index contributed by atoms with van der Waals surface area (Å²) in [6.07, 6.45) is 4.72. The zero-order chi connectivity index (χ0) is 19.9. The molecule has 2 aromatic rings. The molecule has 0 amide bonds. The van der Waals surface area contributed by atoms with Gasteiger partial charge in [-0.15, -0.1) is 0 Å². The molecule has 2 aliphatic heterocycles. The summed E-state index contributed by atoms with van der Waals surface area (Å²) in [5.41, 5.74) is 12.0. The normalized spacial score (nSPS) is 18.7. The third kappa shape index (κ3) is 3.42. The standard InChI is InChI=1S/C18H23ClN6O2S/c1-24-16(26)13(28-11-2-6-22-14(20)12(11)19)15(21)23-17(24)25-7-3-18(4-8-25)5-9-27-10-18/h2,6H,3-5,7-10,21H2,1H3,(H2,20,22). The Bertz CT molecular complexity index is 950.